The van der Waals surface area contributed by atoms with Crippen LogP contribution in [-0.2, 0) is 13.0 Å². The van der Waals surface area contributed by atoms with E-state index in [4.69, 9.17) is 18.9 Å². The van der Waals surface area contributed by atoms with Crippen LogP contribution in [0.1, 0.15) is 31.1 Å². The Morgan fingerprint density at radius 3 is 2.74 bits per heavy atom. The van der Waals surface area contributed by atoms with Crippen molar-refractivity contribution in [2.75, 3.05) is 40.4 Å². The van der Waals surface area contributed by atoms with Crippen molar-refractivity contribution in [2.45, 2.75) is 38.8 Å². The van der Waals surface area contributed by atoms with Gasteiger partial charge in [-0.2, -0.15) is 0 Å². The highest BCUT2D eigenvalue weighted by atomic mass is 127. The summed E-state index contributed by atoms with van der Waals surface area (Å²) in [6, 6.07) is 10.4. The average Bonchev–Trinajstić information content (AvgIpc) is 3.46. The van der Waals surface area contributed by atoms with Gasteiger partial charge in [0.25, 0.3) is 0 Å². The fourth-order valence-corrected chi connectivity index (χ4v) is 3.84. The van der Waals surface area contributed by atoms with Crippen molar-refractivity contribution in [1.29, 1.82) is 0 Å². The molecule has 1 saturated heterocycles. The lowest BCUT2D eigenvalue weighted by Crippen LogP contribution is -2.45. The molecular formula is C23H35IN4O3. The molecule has 1 unspecified atom stereocenters. The van der Waals surface area contributed by atoms with E-state index in [1.807, 2.05) is 30.3 Å². The van der Waals surface area contributed by atoms with E-state index in [-0.39, 0.29) is 24.0 Å². The molecule has 1 fully saturated rings. The standard InChI is InChI=1S/C23H34N4O3.HI/c1-4-27-13-5-7-19(27)17-26-23(24-12-11-20-8-6-14-30-20)25-16-18-9-10-21(28-2)22(15-18)29-3;/h6,8-10,14-15,19H,4-5,7,11-13,16-17H2,1-3H3,(H2,24,25,26);1H. The van der Waals surface area contributed by atoms with E-state index >= 15 is 0 Å². The molecular weight excluding hydrogens is 507 g/mol. The molecule has 3 rings (SSSR count). The first kappa shape index (κ1) is 25.3. The molecule has 1 aromatic carbocycles. The van der Waals surface area contributed by atoms with Crippen LogP contribution in [0, 0.1) is 0 Å². The molecule has 172 valence electrons. The van der Waals surface area contributed by atoms with Gasteiger partial charge >= 0.3 is 0 Å². The van der Waals surface area contributed by atoms with Crippen LogP contribution in [0.5, 0.6) is 11.5 Å². The van der Waals surface area contributed by atoms with E-state index in [1.165, 1.54) is 19.4 Å². The highest BCUT2D eigenvalue weighted by Crippen LogP contribution is 2.27. The predicted molar refractivity (Wildman–Crippen MR) is 135 cm³/mol. The number of likely N-dealkylation sites (N-methyl/N-ethyl adjacent to an activating group) is 1. The summed E-state index contributed by atoms with van der Waals surface area (Å²) in [5, 5.41) is 6.98. The molecule has 2 aromatic rings. The second-order valence-corrected chi connectivity index (χ2v) is 7.42. The number of hydrogen-bond acceptors (Lipinski definition) is 5. The van der Waals surface area contributed by atoms with Crippen LogP contribution >= 0.6 is 24.0 Å². The minimum absolute atomic E-state index is 0. The summed E-state index contributed by atoms with van der Waals surface area (Å²) in [4.78, 5) is 7.33. The smallest absolute Gasteiger partial charge is 0.191 e. The summed E-state index contributed by atoms with van der Waals surface area (Å²) in [7, 11) is 3.29. The summed E-state index contributed by atoms with van der Waals surface area (Å²) in [5.41, 5.74) is 1.07. The minimum Gasteiger partial charge on any atom is -0.493 e. The van der Waals surface area contributed by atoms with Gasteiger partial charge in [0.15, 0.2) is 17.5 Å². The Morgan fingerprint density at radius 2 is 2.03 bits per heavy atom. The van der Waals surface area contributed by atoms with Crippen LogP contribution in [-0.4, -0.2) is 57.3 Å². The maximum Gasteiger partial charge on any atom is 0.191 e. The number of aliphatic imine (C=N–C) groups is 1. The fraction of sp³-hybridized carbons (Fsp3) is 0.522. The van der Waals surface area contributed by atoms with Gasteiger partial charge in [0, 0.05) is 25.6 Å². The molecule has 31 heavy (non-hydrogen) atoms. The second kappa shape index (κ2) is 13.5. The van der Waals surface area contributed by atoms with E-state index in [9.17, 15) is 0 Å². The summed E-state index contributed by atoms with van der Waals surface area (Å²) in [5.74, 6) is 3.23. The summed E-state index contributed by atoms with van der Waals surface area (Å²) in [6.45, 7) is 6.72. The molecule has 8 heteroatoms. The van der Waals surface area contributed by atoms with Gasteiger partial charge < -0.3 is 24.5 Å². The Bertz CT molecular complexity index is 798. The molecule has 1 atom stereocenters. The predicted octanol–water partition coefficient (Wildman–Crippen LogP) is 3.68. The Balaban J connectivity index is 0.00000341. The molecule has 0 spiro atoms. The molecule has 7 nitrogen and oxygen atoms in total. The SMILES string of the molecule is CCN1CCCC1CNC(=NCc1ccc(OC)c(OC)c1)NCCc1ccco1.I. The zero-order chi connectivity index (χ0) is 21.2. The van der Waals surface area contributed by atoms with E-state index in [0.29, 0.717) is 12.6 Å². The number of likely N-dealkylation sites (tertiary alicyclic amines) is 1. The number of nitrogens with one attached hydrogen (secondary N) is 2. The van der Waals surface area contributed by atoms with Gasteiger partial charge in [-0.1, -0.05) is 13.0 Å². The van der Waals surface area contributed by atoms with Crippen LogP contribution < -0.4 is 20.1 Å². The zero-order valence-corrected chi connectivity index (χ0v) is 21.1. The monoisotopic (exact) mass is 542 g/mol. The highest BCUT2D eigenvalue weighted by Gasteiger charge is 2.22. The number of methoxy groups -OCH3 is 2. The number of guanidine groups is 1. The molecule has 1 aliphatic rings. The highest BCUT2D eigenvalue weighted by molar-refractivity contribution is 14.0. The number of ether oxygens (including phenoxy) is 2. The molecule has 2 heterocycles. The fourth-order valence-electron chi connectivity index (χ4n) is 3.84. The first-order valence-electron chi connectivity index (χ1n) is 10.7. The molecule has 0 bridgehead atoms. The summed E-state index contributed by atoms with van der Waals surface area (Å²) < 4.78 is 16.2. The lowest BCUT2D eigenvalue weighted by Gasteiger charge is -2.24. The summed E-state index contributed by atoms with van der Waals surface area (Å²) in [6.07, 6.45) is 5.02. The topological polar surface area (TPSA) is 71.3 Å². The third-order valence-corrected chi connectivity index (χ3v) is 5.52. The van der Waals surface area contributed by atoms with Gasteiger partial charge in [-0.15, -0.1) is 24.0 Å². The van der Waals surface area contributed by atoms with Gasteiger partial charge in [0.05, 0.1) is 27.0 Å². The van der Waals surface area contributed by atoms with Crippen molar-refractivity contribution in [3.63, 3.8) is 0 Å². The van der Waals surface area contributed by atoms with Crippen LogP contribution in [0.15, 0.2) is 46.0 Å². The normalized spacial score (nSPS) is 16.6. The Hall–Kier alpha value is -1.94. The molecule has 0 saturated carbocycles. The number of halogens is 1. The summed E-state index contributed by atoms with van der Waals surface area (Å²) >= 11 is 0. The molecule has 0 aliphatic carbocycles. The average molecular weight is 542 g/mol. The quantitative estimate of drug-likeness (QED) is 0.271. The number of nitrogens with zero attached hydrogens (tertiary/aromatic N) is 2. The third-order valence-electron chi connectivity index (χ3n) is 5.52. The van der Waals surface area contributed by atoms with Gasteiger partial charge in [0.1, 0.15) is 5.76 Å². The molecule has 2 N–H and O–H groups in total. The van der Waals surface area contributed by atoms with Gasteiger partial charge in [-0.05, 0) is 55.8 Å². The number of hydrogen-bond donors (Lipinski definition) is 2. The maximum atomic E-state index is 5.43. The Kier molecular flexibility index (Phi) is 11.0. The first-order valence-corrected chi connectivity index (χ1v) is 10.7. The van der Waals surface area contributed by atoms with Crippen LogP contribution in [0.4, 0.5) is 0 Å². The Labute approximate surface area is 202 Å². The largest absolute Gasteiger partial charge is 0.493 e. The van der Waals surface area contributed by atoms with Crippen molar-refractivity contribution >= 4 is 29.9 Å². The van der Waals surface area contributed by atoms with Crippen molar-refractivity contribution in [3.8, 4) is 11.5 Å². The minimum atomic E-state index is 0. The van der Waals surface area contributed by atoms with E-state index in [2.05, 4.69) is 22.5 Å². The second-order valence-electron chi connectivity index (χ2n) is 7.42. The van der Waals surface area contributed by atoms with Crippen LogP contribution in [0.2, 0.25) is 0 Å². The van der Waals surface area contributed by atoms with Crippen molar-refractivity contribution in [2.24, 2.45) is 4.99 Å². The van der Waals surface area contributed by atoms with Gasteiger partial charge in [-0.3, -0.25) is 4.90 Å². The van der Waals surface area contributed by atoms with Crippen molar-refractivity contribution in [1.82, 2.24) is 15.5 Å². The van der Waals surface area contributed by atoms with Crippen molar-refractivity contribution < 1.29 is 13.9 Å². The molecule has 1 aromatic heterocycles. The third kappa shape index (κ3) is 7.60. The van der Waals surface area contributed by atoms with E-state index < -0.39 is 0 Å². The first-order chi connectivity index (χ1) is 14.7. The maximum absolute atomic E-state index is 5.43. The Morgan fingerprint density at radius 1 is 1.19 bits per heavy atom. The molecule has 1 aliphatic heterocycles. The van der Waals surface area contributed by atoms with Gasteiger partial charge in [-0.25, -0.2) is 4.99 Å². The van der Waals surface area contributed by atoms with E-state index in [0.717, 1.165) is 54.8 Å². The zero-order valence-electron chi connectivity index (χ0n) is 18.7. The number of furan rings is 1. The van der Waals surface area contributed by atoms with Crippen LogP contribution in [0.25, 0.3) is 0 Å². The molecule has 0 radical (unpaired) electrons. The molecule has 0 amide bonds. The van der Waals surface area contributed by atoms with Crippen molar-refractivity contribution in [3.05, 3.63) is 47.9 Å². The lowest BCUT2D eigenvalue weighted by atomic mass is 10.2. The lowest BCUT2D eigenvalue weighted by molar-refractivity contribution is 0.267. The van der Waals surface area contributed by atoms with Gasteiger partial charge in [0.2, 0.25) is 0 Å². The number of benzene rings is 1. The van der Waals surface area contributed by atoms with Crippen LogP contribution in [0.3, 0.4) is 0 Å². The number of rotatable bonds is 10. The van der Waals surface area contributed by atoms with E-state index in [1.54, 1.807) is 20.5 Å².